The molecule has 1 atom stereocenters. The summed E-state index contributed by atoms with van der Waals surface area (Å²) >= 11 is 0. The van der Waals surface area contributed by atoms with Gasteiger partial charge in [0.05, 0.1) is 30.9 Å². The van der Waals surface area contributed by atoms with E-state index in [2.05, 4.69) is 15.4 Å². The van der Waals surface area contributed by atoms with Crippen LogP contribution in [-0.4, -0.2) is 63.7 Å². The first-order valence-electron chi connectivity index (χ1n) is 11.3. The molecule has 0 unspecified atom stereocenters. The van der Waals surface area contributed by atoms with E-state index in [-0.39, 0.29) is 30.4 Å². The van der Waals surface area contributed by atoms with Crippen molar-refractivity contribution in [2.45, 2.75) is 37.8 Å². The zero-order chi connectivity index (χ0) is 24.8. The second-order valence-corrected chi connectivity index (χ2v) is 10.7. The second kappa shape index (κ2) is 8.68. The van der Waals surface area contributed by atoms with Crippen LogP contribution < -0.4 is 0 Å². The Kier molecular flexibility index (Phi) is 5.80. The SMILES string of the molecule is CCCn1cc(S(=O)(=O)N2CCC3=Cc4c(cnn4-c4ccc(F)cc4)C[C@]3(C(=O)OC)C2)nn1. The smallest absolute Gasteiger partial charge is 0.317 e. The van der Waals surface area contributed by atoms with Crippen LogP contribution in [0.25, 0.3) is 11.8 Å². The van der Waals surface area contributed by atoms with Crippen LogP contribution in [0.1, 0.15) is 31.0 Å². The van der Waals surface area contributed by atoms with Gasteiger partial charge < -0.3 is 4.74 Å². The number of fused-ring (bicyclic) bond motifs is 2. The Hall–Kier alpha value is -3.38. The summed E-state index contributed by atoms with van der Waals surface area (Å²) in [5.41, 5.74) is 1.84. The number of carbonyl (C=O) groups excluding carboxylic acids is 1. The Morgan fingerprint density at radius 2 is 2.03 bits per heavy atom. The topological polar surface area (TPSA) is 112 Å². The lowest BCUT2D eigenvalue weighted by Gasteiger charge is -2.43. The minimum absolute atomic E-state index is 0.0738. The van der Waals surface area contributed by atoms with Gasteiger partial charge in [0.2, 0.25) is 5.03 Å². The van der Waals surface area contributed by atoms with Gasteiger partial charge in [-0.3, -0.25) is 9.48 Å². The van der Waals surface area contributed by atoms with Crippen molar-refractivity contribution >= 4 is 22.1 Å². The minimum atomic E-state index is -3.96. The van der Waals surface area contributed by atoms with Crippen LogP contribution in [0, 0.1) is 11.2 Å². The molecule has 2 aromatic heterocycles. The quantitative estimate of drug-likeness (QED) is 0.477. The fourth-order valence-corrected chi connectivity index (χ4v) is 6.22. The van der Waals surface area contributed by atoms with Gasteiger partial charge in [-0.2, -0.15) is 9.40 Å². The van der Waals surface area contributed by atoms with Crippen LogP contribution in [0.15, 0.2) is 47.3 Å². The molecule has 0 amide bonds. The molecule has 3 aromatic rings. The Bertz CT molecular complexity index is 1410. The van der Waals surface area contributed by atoms with E-state index in [1.54, 1.807) is 23.0 Å². The molecule has 1 aliphatic heterocycles. The van der Waals surface area contributed by atoms with Crippen molar-refractivity contribution in [3.05, 3.63) is 59.3 Å². The molecule has 35 heavy (non-hydrogen) atoms. The van der Waals surface area contributed by atoms with Crippen LogP contribution in [0.4, 0.5) is 4.39 Å². The van der Waals surface area contributed by atoms with Gasteiger partial charge in [0.15, 0.2) is 0 Å². The van der Waals surface area contributed by atoms with Gasteiger partial charge in [-0.1, -0.05) is 12.1 Å². The van der Waals surface area contributed by atoms with Crippen molar-refractivity contribution in [2.75, 3.05) is 20.2 Å². The summed E-state index contributed by atoms with van der Waals surface area (Å²) in [4.78, 5) is 13.2. The first-order chi connectivity index (χ1) is 16.8. The summed E-state index contributed by atoms with van der Waals surface area (Å²) in [5.74, 6) is -0.848. The van der Waals surface area contributed by atoms with Gasteiger partial charge in [0.1, 0.15) is 11.2 Å². The zero-order valence-electron chi connectivity index (χ0n) is 19.4. The standard InChI is InChI=1S/C23H25FN6O4S/c1-3-9-28-14-21(26-27-28)35(32,33)29-10-8-17-11-20-16(12-23(17,15-29)22(31)34-2)13-25-30(20)19-6-4-18(24)5-7-19/h4-7,11,13-14H,3,8-10,12,15H2,1-2H3/t23-/m0/s1. The van der Waals surface area contributed by atoms with E-state index < -0.39 is 21.4 Å². The second-order valence-electron chi connectivity index (χ2n) is 8.77. The van der Waals surface area contributed by atoms with Crippen LogP contribution in [0.5, 0.6) is 0 Å². The van der Waals surface area contributed by atoms with Crippen molar-refractivity contribution in [2.24, 2.45) is 5.41 Å². The van der Waals surface area contributed by atoms with Gasteiger partial charge in [0, 0.05) is 19.6 Å². The number of aromatic nitrogens is 5. The van der Waals surface area contributed by atoms with E-state index in [9.17, 15) is 17.6 Å². The van der Waals surface area contributed by atoms with Gasteiger partial charge in [-0.25, -0.2) is 17.5 Å². The van der Waals surface area contributed by atoms with Gasteiger partial charge in [-0.05, 0) is 60.7 Å². The van der Waals surface area contributed by atoms with Crippen molar-refractivity contribution in [3.63, 3.8) is 0 Å². The van der Waals surface area contributed by atoms with E-state index in [4.69, 9.17) is 4.74 Å². The fourth-order valence-electron chi connectivity index (χ4n) is 4.84. The first kappa shape index (κ1) is 23.4. The molecule has 10 nitrogen and oxygen atoms in total. The monoisotopic (exact) mass is 500 g/mol. The maximum atomic E-state index is 13.4. The van der Waals surface area contributed by atoms with E-state index in [1.165, 1.54) is 34.4 Å². The molecule has 2 aliphatic rings. The van der Waals surface area contributed by atoms with Crippen molar-refractivity contribution in [1.29, 1.82) is 0 Å². The summed E-state index contributed by atoms with van der Waals surface area (Å²) in [7, 11) is -2.66. The number of rotatable bonds is 6. The lowest BCUT2D eigenvalue weighted by molar-refractivity contribution is -0.151. The number of aryl methyl sites for hydroxylation is 1. The van der Waals surface area contributed by atoms with E-state index in [0.29, 0.717) is 18.7 Å². The Morgan fingerprint density at radius 3 is 2.74 bits per heavy atom. The predicted octanol–water partition coefficient (Wildman–Crippen LogP) is 2.21. The highest BCUT2D eigenvalue weighted by molar-refractivity contribution is 7.89. The lowest BCUT2D eigenvalue weighted by Crippen LogP contribution is -2.53. The zero-order valence-corrected chi connectivity index (χ0v) is 20.2. The highest BCUT2D eigenvalue weighted by Gasteiger charge is 2.52. The first-order valence-corrected chi connectivity index (χ1v) is 12.7. The molecule has 1 saturated heterocycles. The average molecular weight is 501 g/mol. The van der Waals surface area contributed by atoms with E-state index >= 15 is 0 Å². The summed E-state index contributed by atoms with van der Waals surface area (Å²) < 4.78 is 49.8. The van der Waals surface area contributed by atoms with Crippen molar-refractivity contribution < 1.29 is 22.3 Å². The van der Waals surface area contributed by atoms with Crippen LogP contribution in [-0.2, 0) is 32.5 Å². The molecule has 0 spiro atoms. The fraction of sp³-hybridized carbons (Fsp3) is 0.391. The van der Waals surface area contributed by atoms with Crippen molar-refractivity contribution in [1.82, 2.24) is 29.1 Å². The maximum absolute atomic E-state index is 13.4. The number of esters is 1. The third-order valence-electron chi connectivity index (χ3n) is 6.60. The van der Waals surface area contributed by atoms with Crippen LogP contribution in [0.2, 0.25) is 0 Å². The number of hydrogen-bond acceptors (Lipinski definition) is 7. The third kappa shape index (κ3) is 3.86. The molecule has 1 aromatic carbocycles. The number of nitrogens with zero attached hydrogens (tertiary/aromatic N) is 6. The number of carbonyl (C=O) groups is 1. The average Bonchev–Trinajstić information content (AvgIpc) is 3.49. The summed E-state index contributed by atoms with van der Waals surface area (Å²) in [6.45, 7) is 2.63. The molecule has 1 aliphatic carbocycles. The normalized spacial score (nSPS) is 20.1. The van der Waals surface area contributed by atoms with Gasteiger partial charge >= 0.3 is 5.97 Å². The molecule has 1 fully saturated rings. The predicted molar refractivity (Wildman–Crippen MR) is 123 cm³/mol. The molecule has 3 heterocycles. The Labute approximate surface area is 202 Å². The number of methoxy groups -OCH3 is 1. The van der Waals surface area contributed by atoms with Crippen LogP contribution >= 0.6 is 0 Å². The Balaban J connectivity index is 1.51. The number of halogens is 1. The summed E-state index contributed by atoms with van der Waals surface area (Å²) in [6.07, 6.45) is 6.32. The molecule has 0 radical (unpaired) electrons. The number of benzene rings is 1. The molecular formula is C23H25FN6O4S. The molecule has 0 N–H and O–H groups in total. The molecule has 12 heteroatoms. The molecule has 184 valence electrons. The van der Waals surface area contributed by atoms with Gasteiger partial charge in [-0.15, -0.1) is 5.10 Å². The molecule has 0 bridgehead atoms. The molecular weight excluding hydrogens is 475 g/mol. The third-order valence-corrected chi connectivity index (χ3v) is 8.31. The molecule has 0 saturated carbocycles. The number of ether oxygens (including phenoxy) is 1. The largest absolute Gasteiger partial charge is 0.468 e. The number of piperidine rings is 1. The molecule has 5 rings (SSSR count). The van der Waals surface area contributed by atoms with E-state index in [0.717, 1.165) is 23.3 Å². The summed E-state index contributed by atoms with van der Waals surface area (Å²) in [6, 6.07) is 5.98. The maximum Gasteiger partial charge on any atom is 0.317 e. The number of hydrogen-bond donors (Lipinski definition) is 0. The number of sulfonamides is 1. The van der Waals surface area contributed by atoms with Crippen LogP contribution in [0.3, 0.4) is 0 Å². The van der Waals surface area contributed by atoms with Crippen molar-refractivity contribution in [3.8, 4) is 5.69 Å². The highest BCUT2D eigenvalue weighted by atomic mass is 32.2. The minimum Gasteiger partial charge on any atom is -0.468 e. The summed E-state index contributed by atoms with van der Waals surface area (Å²) in [5, 5.41) is 12.1. The van der Waals surface area contributed by atoms with E-state index in [1.807, 2.05) is 13.0 Å². The Morgan fingerprint density at radius 1 is 1.26 bits per heavy atom. The van der Waals surface area contributed by atoms with Gasteiger partial charge in [0.25, 0.3) is 10.0 Å². The lowest BCUT2D eigenvalue weighted by atomic mass is 9.69. The highest BCUT2D eigenvalue weighted by Crippen LogP contribution is 2.46.